The molecule has 5 saturated heterocycles. The van der Waals surface area contributed by atoms with Crippen molar-refractivity contribution in [1.82, 2.24) is 0 Å². The molecule has 12 heteroatoms. The van der Waals surface area contributed by atoms with Crippen LogP contribution in [0.5, 0.6) is 0 Å². The van der Waals surface area contributed by atoms with Gasteiger partial charge in [0.15, 0.2) is 11.6 Å². The van der Waals surface area contributed by atoms with Crippen molar-refractivity contribution in [2.45, 2.75) is 166 Å². The Labute approximate surface area is 303 Å². The zero-order valence-electron chi connectivity index (χ0n) is 30.3. The molecule has 0 amide bonds. The largest absolute Gasteiger partial charge is 1.00 e. The molecule has 1 spiro atoms. The van der Waals surface area contributed by atoms with Crippen molar-refractivity contribution in [1.29, 1.82) is 0 Å². The van der Waals surface area contributed by atoms with Gasteiger partial charge >= 0.3 is 29.6 Å². The summed E-state index contributed by atoms with van der Waals surface area (Å²) in [6, 6.07) is 0. The van der Waals surface area contributed by atoms with Gasteiger partial charge in [-0.3, -0.25) is 0 Å². The Morgan fingerprint density at radius 3 is 2.30 bits per heavy atom. The maximum absolute atomic E-state index is 11.7. The van der Waals surface area contributed by atoms with E-state index >= 15 is 0 Å². The Morgan fingerprint density at radius 2 is 1.68 bits per heavy atom. The maximum atomic E-state index is 11.7. The zero-order chi connectivity index (χ0) is 34.0. The van der Waals surface area contributed by atoms with E-state index < -0.39 is 59.6 Å². The molecule has 0 radical (unpaired) electrons. The van der Waals surface area contributed by atoms with Crippen LogP contribution in [0.15, 0.2) is 0 Å². The van der Waals surface area contributed by atoms with E-state index in [0.717, 1.165) is 25.7 Å². The van der Waals surface area contributed by atoms with Gasteiger partial charge in [0.2, 0.25) is 0 Å². The summed E-state index contributed by atoms with van der Waals surface area (Å²) in [5.74, 6) is -4.97. The summed E-state index contributed by atoms with van der Waals surface area (Å²) in [5, 5.41) is 43.7. The molecule has 5 fully saturated rings. The van der Waals surface area contributed by atoms with Gasteiger partial charge in [-0.05, 0) is 57.8 Å². The predicted octanol–water partition coefficient (Wildman–Crippen LogP) is -0.448. The topological polar surface area (TPSA) is 156 Å². The fourth-order valence-corrected chi connectivity index (χ4v) is 9.63. The summed E-state index contributed by atoms with van der Waals surface area (Å²) < 4.78 is 39.0. The molecule has 47 heavy (non-hydrogen) atoms. The first-order valence-electron chi connectivity index (χ1n) is 17.6. The molecule has 0 saturated carbocycles. The predicted molar refractivity (Wildman–Crippen MR) is 165 cm³/mol. The van der Waals surface area contributed by atoms with Gasteiger partial charge in [-0.25, -0.2) is 0 Å². The third-order valence-electron chi connectivity index (χ3n) is 12.6. The SMILES string of the molecule is CO[C@@H]([C@@H](C)[C@H]1OC2(CC[C@@](C)([C@H]3CC[C@@](C)([C@@H]4O[C@@H]([C@H]5O[C@@](O)(CO)[C@H](C)C[C@@H]5C)C[C@@H]4C)O3)O2)C[C@H](O)[C@H]1C)[C@H](C)C(=O)[O-].[Na+]. The minimum absolute atomic E-state index is 0. The van der Waals surface area contributed by atoms with Crippen molar-refractivity contribution in [3.63, 3.8) is 0 Å². The second-order valence-electron chi connectivity index (χ2n) is 16.2. The number of ether oxygens (including phenoxy) is 6. The number of carboxylic acids is 1. The van der Waals surface area contributed by atoms with Gasteiger partial charge in [0.1, 0.15) is 0 Å². The molecular weight excluding hydrogens is 619 g/mol. The Kier molecular flexibility index (Phi) is 12.4. The fraction of sp³-hybridized carbons (Fsp3) is 0.971. The van der Waals surface area contributed by atoms with Crippen LogP contribution in [0.25, 0.3) is 0 Å². The number of carbonyl (C=O) groups excluding carboxylic acids is 1. The van der Waals surface area contributed by atoms with Crippen molar-refractivity contribution < 1.29 is 83.2 Å². The van der Waals surface area contributed by atoms with E-state index in [9.17, 15) is 25.2 Å². The Hall–Kier alpha value is 0.110. The molecule has 5 rings (SSSR count). The number of carboxylic acid groups (broad SMARTS) is 1. The number of hydrogen-bond acceptors (Lipinski definition) is 11. The van der Waals surface area contributed by atoms with Crippen molar-refractivity contribution in [2.75, 3.05) is 13.7 Å². The first-order valence-corrected chi connectivity index (χ1v) is 17.6. The average molecular weight is 679 g/mol. The molecule has 1 unspecified atom stereocenters. The van der Waals surface area contributed by atoms with E-state index in [4.69, 9.17) is 28.4 Å². The minimum atomic E-state index is -1.56. The van der Waals surface area contributed by atoms with Crippen LogP contribution in [-0.4, -0.2) is 101 Å². The van der Waals surface area contributed by atoms with Crippen LogP contribution < -0.4 is 34.7 Å². The van der Waals surface area contributed by atoms with E-state index in [1.54, 1.807) is 6.92 Å². The minimum Gasteiger partial charge on any atom is -0.550 e. The molecule has 0 aromatic heterocycles. The normalized spacial score (nSPS) is 50.6. The first kappa shape index (κ1) is 39.9. The monoisotopic (exact) mass is 678 g/mol. The molecule has 5 aliphatic rings. The Bertz CT molecular complexity index is 1100. The summed E-state index contributed by atoms with van der Waals surface area (Å²) >= 11 is 0. The van der Waals surface area contributed by atoms with Crippen LogP contribution in [-0.2, 0) is 33.2 Å². The molecule has 5 heterocycles. The van der Waals surface area contributed by atoms with Crippen LogP contribution in [0.1, 0.15) is 100 Å². The van der Waals surface area contributed by atoms with Crippen molar-refractivity contribution in [3.05, 3.63) is 0 Å². The summed E-state index contributed by atoms with van der Waals surface area (Å²) in [6.07, 6.45) is 1.97. The van der Waals surface area contributed by atoms with Gasteiger partial charge < -0.3 is 53.6 Å². The third kappa shape index (κ3) is 7.40. The molecule has 11 nitrogen and oxygen atoms in total. The number of methoxy groups -OCH3 is 1. The van der Waals surface area contributed by atoms with Crippen LogP contribution in [0.2, 0.25) is 0 Å². The second-order valence-corrected chi connectivity index (χ2v) is 16.2. The molecule has 0 bridgehead atoms. The summed E-state index contributed by atoms with van der Waals surface area (Å²) in [7, 11) is 1.49. The smallest absolute Gasteiger partial charge is 0.550 e. The second kappa shape index (κ2) is 14.6. The first-order chi connectivity index (χ1) is 21.4. The molecule has 0 aliphatic carbocycles. The van der Waals surface area contributed by atoms with Crippen molar-refractivity contribution in [3.8, 4) is 0 Å². The zero-order valence-corrected chi connectivity index (χ0v) is 32.3. The molecular formula is C35H59NaO11. The van der Waals surface area contributed by atoms with Gasteiger partial charge in [-0.15, -0.1) is 0 Å². The van der Waals surface area contributed by atoms with Crippen molar-refractivity contribution in [2.24, 2.45) is 35.5 Å². The van der Waals surface area contributed by atoms with Gasteiger partial charge in [-0.1, -0.05) is 41.5 Å². The average Bonchev–Trinajstić information content (AvgIpc) is 3.69. The quantitative estimate of drug-likeness (QED) is 0.272. The Morgan fingerprint density at radius 1 is 1.00 bits per heavy atom. The van der Waals surface area contributed by atoms with Gasteiger partial charge in [0.25, 0.3) is 0 Å². The van der Waals surface area contributed by atoms with E-state index in [-0.39, 0.29) is 83.6 Å². The van der Waals surface area contributed by atoms with Gasteiger partial charge in [-0.2, -0.15) is 0 Å². The standard InChI is InChI=1S/C35H60O11.Na/c1-18-14-20(3)35(40,17-36)45-27(18)25-15-19(2)30(42-25)33(8)11-10-26(43-33)32(7)12-13-34(46-32)16-24(37)21(4)29(44-34)22(5)28(41-9)23(6)31(38)39;/h18-30,36-37,40H,10-17H2,1-9H3,(H,38,39);/q;+1/p-1/t18-,19-,20+,21+,22+,23-,24-,25+,26+,27-,28-,29-,30+,32-,33-,34?,35-;/m0./s1. The Balaban J connectivity index is 0.00000500. The molecule has 0 aromatic carbocycles. The molecule has 5 aliphatic heterocycles. The molecule has 3 N–H and O–H groups in total. The summed E-state index contributed by atoms with van der Waals surface area (Å²) in [5.41, 5.74) is -1.20. The number of aliphatic hydroxyl groups excluding tert-OH is 2. The van der Waals surface area contributed by atoms with Gasteiger partial charge in [0, 0.05) is 49.6 Å². The van der Waals surface area contributed by atoms with E-state index in [1.807, 2.05) is 20.8 Å². The summed E-state index contributed by atoms with van der Waals surface area (Å²) in [4.78, 5) is 11.7. The van der Waals surface area contributed by atoms with E-state index in [2.05, 4.69) is 27.7 Å². The van der Waals surface area contributed by atoms with E-state index in [1.165, 1.54) is 7.11 Å². The van der Waals surface area contributed by atoms with Crippen LogP contribution in [0.3, 0.4) is 0 Å². The third-order valence-corrected chi connectivity index (χ3v) is 12.6. The van der Waals surface area contributed by atoms with Crippen LogP contribution in [0, 0.1) is 35.5 Å². The van der Waals surface area contributed by atoms with Crippen LogP contribution in [0.4, 0.5) is 0 Å². The van der Waals surface area contributed by atoms with Crippen molar-refractivity contribution >= 4 is 5.97 Å². The molecule has 17 atom stereocenters. The maximum Gasteiger partial charge on any atom is 1.00 e. The van der Waals surface area contributed by atoms with Gasteiger partial charge in [0.05, 0.1) is 60.5 Å². The molecule has 0 aromatic rings. The number of aliphatic carboxylic acids is 1. The number of carbonyl (C=O) groups is 1. The number of rotatable bonds is 9. The molecule has 266 valence electrons. The number of aliphatic hydroxyl groups is 3. The fourth-order valence-electron chi connectivity index (χ4n) is 9.63. The van der Waals surface area contributed by atoms with Crippen LogP contribution >= 0.6 is 0 Å². The summed E-state index contributed by atoms with van der Waals surface area (Å²) in [6.45, 7) is 15.3. The number of hydrogen-bond donors (Lipinski definition) is 3. The van der Waals surface area contributed by atoms with E-state index in [0.29, 0.717) is 19.3 Å².